The maximum Gasteiger partial charge on any atom is 0.412 e. The number of carboxylic acid groups (broad SMARTS) is 1. The lowest BCUT2D eigenvalue weighted by Gasteiger charge is -2.20. The monoisotopic (exact) mass is 343 g/mol. The van der Waals surface area contributed by atoms with Crippen molar-refractivity contribution in [2.24, 2.45) is 0 Å². The number of aromatic carboxylic acids is 1. The number of anilines is 1. The minimum absolute atomic E-state index is 0.0191. The number of hydrogen-bond donors (Lipinski definition) is 2. The van der Waals surface area contributed by atoms with Crippen LogP contribution in [0.1, 0.15) is 36.7 Å². The summed E-state index contributed by atoms with van der Waals surface area (Å²) in [5, 5.41) is 11.9. The highest BCUT2D eigenvalue weighted by Gasteiger charge is 2.18. The number of carbonyl (C=O) groups excluding carboxylic acids is 1. The molecule has 0 saturated carbocycles. The lowest BCUT2D eigenvalue weighted by molar-refractivity contribution is 0.0634. The zero-order valence-electron chi connectivity index (χ0n) is 14.4. The summed E-state index contributed by atoms with van der Waals surface area (Å²) in [6.07, 6.45) is -0.621. The van der Waals surface area contributed by atoms with E-state index in [-0.39, 0.29) is 17.9 Å². The molecule has 2 aromatic rings. The zero-order chi connectivity index (χ0) is 18.4. The van der Waals surface area contributed by atoms with Crippen molar-refractivity contribution in [2.45, 2.75) is 33.0 Å². The largest absolute Gasteiger partial charge is 0.488 e. The maximum absolute atomic E-state index is 11.8. The van der Waals surface area contributed by atoms with Crippen LogP contribution in [0.2, 0.25) is 0 Å². The van der Waals surface area contributed by atoms with Gasteiger partial charge in [0.1, 0.15) is 23.5 Å². The quantitative estimate of drug-likeness (QED) is 0.845. The minimum atomic E-state index is -1.10. The van der Waals surface area contributed by atoms with Crippen molar-refractivity contribution in [2.75, 3.05) is 5.32 Å². The van der Waals surface area contributed by atoms with Crippen molar-refractivity contribution in [3.05, 3.63) is 59.7 Å². The van der Waals surface area contributed by atoms with Crippen LogP contribution in [0.3, 0.4) is 0 Å². The van der Waals surface area contributed by atoms with Gasteiger partial charge < -0.3 is 14.6 Å². The van der Waals surface area contributed by atoms with Gasteiger partial charge in [-0.15, -0.1) is 0 Å². The topological polar surface area (TPSA) is 84.9 Å². The Morgan fingerprint density at radius 1 is 1.08 bits per heavy atom. The van der Waals surface area contributed by atoms with Gasteiger partial charge in [0.05, 0.1) is 0 Å². The van der Waals surface area contributed by atoms with E-state index in [9.17, 15) is 14.7 Å². The molecular formula is C19H21NO5. The standard InChI is InChI=1S/C19H21NO5/c1-19(2,3)25-18(23)20-14-9-10-15(17(21)22)16(11-14)24-12-13-7-5-4-6-8-13/h4-11H,12H2,1-3H3,(H,20,23)(H,21,22). The number of nitrogens with one attached hydrogen (secondary N) is 1. The van der Waals surface area contributed by atoms with Gasteiger partial charge in [-0.1, -0.05) is 30.3 Å². The molecule has 0 atom stereocenters. The fourth-order valence-electron chi connectivity index (χ4n) is 2.05. The zero-order valence-corrected chi connectivity index (χ0v) is 14.4. The highest BCUT2D eigenvalue weighted by atomic mass is 16.6. The van der Waals surface area contributed by atoms with Crippen LogP contribution in [-0.2, 0) is 11.3 Å². The molecule has 0 heterocycles. The smallest absolute Gasteiger partial charge is 0.412 e. The Morgan fingerprint density at radius 3 is 2.36 bits per heavy atom. The normalized spacial score (nSPS) is 10.8. The Balaban J connectivity index is 2.15. The van der Waals surface area contributed by atoms with Gasteiger partial charge in [-0.2, -0.15) is 0 Å². The molecule has 2 rings (SSSR count). The summed E-state index contributed by atoms with van der Waals surface area (Å²) >= 11 is 0. The number of carbonyl (C=O) groups is 2. The summed E-state index contributed by atoms with van der Waals surface area (Å²) in [6.45, 7) is 5.49. The number of rotatable bonds is 5. The first-order valence-corrected chi connectivity index (χ1v) is 7.79. The van der Waals surface area contributed by atoms with Gasteiger partial charge in [0, 0.05) is 11.8 Å². The Labute approximate surface area is 146 Å². The summed E-state index contributed by atoms with van der Waals surface area (Å²) in [5.41, 5.74) is 0.690. The molecule has 6 nitrogen and oxygen atoms in total. The molecule has 2 N–H and O–H groups in total. The molecule has 25 heavy (non-hydrogen) atoms. The SMILES string of the molecule is CC(C)(C)OC(=O)Nc1ccc(C(=O)O)c(OCc2ccccc2)c1. The third-order valence-electron chi connectivity index (χ3n) is 3.09. The molecule has 6 heteroatoms. The summed E-state index contributed by atoms with van der Waals surface area (Å²) in [4.78, 5) is 23.2. The molecular weight excluding hydrogens is 322 g/mol. The minimum Gasteiger partial charge on any atom is -0.488 e. The van der Waals surface area contributed by atoms with E-state index in [0.717, 1.165) is 5.56 Å². The van der Waals surface area contributed by atoms with E-state index in [4.69, 9.17) is 9.47 Å². The van der Waals surface area contributed by atoms with Crippen LogP contribution in [0.4, 0.5) is 10.5 Å². The molecule has 132 valence electrons. The van der Waals surface area contributed by atoms with Crippen LogP contribution in [0.15, 0.2) is 48.5 Å². The van der Waals surface area contributed by atoms with E-state index in [0.29, 0.717) is 5.69 Å². The molecule has 0 aromatic heterocycles. The van der Waals surface area contributed by atoms with Gasteiger partial charge in [0.15, 0.2) is 0 Å². The second-order valence-corrected chi connectivity index (χ2v) is 6.42. The summed E-state index contributed by atoms with van der Waals surface area (Å²) in [7, 11) is 0. The van der Waals surface area contributed by atoms with Gasteiger partial charge >= 0.3 is 12.1 Å². The number of benzene rings is 2. The first-order chi connectivity index (χ1) is 11.7. The predicted octanol–water partition coefficient (Wildman–Crippen LogP) is 4.31. The second-order valence-electron chi connectivity index (χ2n) is 6.42. The fraction of sp³-hybridized carbons (Fsp3) is 0.263. The first-order valence-electron chi connectivity index (χ1n) is 7.79. The molecule has 0 bridgehead atoms. The molecule has 0 aliphatic heterocycles. The van der Waals surface area contributed by atoms with Gasteiger partial charge in [-0.3, -0.25) is 5.32 Å². The summed E-state index contributed by atoms with van der Waals surface area (Å²) < 4.78 is 10.8. The molecule has 1 amide bonds. The Bertz CT molecular complexity index is 750. The average Bonchev–Trinajstić information content (AvgIpc) is 2.52. The summed E-state index contributed by atoms with van der Waals surface area (Å²) in [5.74, 6) is -0.934. The first kappa shape index (κ1) is 18.3. The van der Waals surface area contributed by atoms with Crippen molar-refractivity contribution in [1.29, 1.82) is 0 Å². The van der Waals surface area contributed by atoms with Gasteiger partial charge in [-0.05, 0) is 38.5 Å². The van der Waals surface area contributed by atoms with Gasteiger partial charge in [-0.25, -0.2) is 9.59 Å². The molecule has 0 unspecified atom stereocenters. The Kier molecular flexibility index (Phi) is 5.64. The van der Waals surface area contributed by atoms with E-state index < -0.39 is 17.7 Å². The van der Waals surface area contributed by atoms with Crippen molar-refractivity contribution < 1.29 is 24.2 Å². The molecule has 0 radical (unpaired) electrons. The predicted molar refractivity (Wildman–Crippen MR) is 94.0 cm³/mol. The number of ether oxygens (including phenoxy) is 2. The van der Waals surface area contributed by atoms with Gasteiger partial charge in [0.25, 0.3) is 0 Å². The molecule has 2 aromatic carbocycles. The highest BCUT2D eigenvalue weighted by molar-refractivity contribution is 5.93. The van der Waals surface area contributed by atoms with Crippen molar-refractivity contribution in [3.63, 3.8) is 0 Å². The average molecular weight is 343 g/mol. The number of amides is 1. The molecule has 0 saturated heterocycles. The second kappa shape index (κ2) is 7.70. The molecule has 0 aliphatic rings. The number of hydrogen-bond acceptors (Lipinski definition) is 4. The molecule has 0 spiro atoms. The van der Waals surface area contributed by atoms with Crippen LogP contribution < -0.4 is 10.1 Å². The van der Waals surface area contributed by atoms with Crippen molar-refractivity contribution >= 4 is 17.7 Å². The number of carboxylic acids is 1. The highest BCUT2D eigenvalue weighted by Crippen LogP contribution is 2.25. The lowest BCUT2D eigenvalue weighted by Crippen LogP contribution is -2.27. The van der Waals surface area contributed by atoms with E-state index in [1.54, 1.807) is 20.8 Å². The van der Waals surface area contributed by atoms with Gasteiger partial charge in [0.2, 0.25) is 0 Å². The molecule has 0 fully saturated rings. The van der Waals surface area contributed by atoms with Crippen LogP contribution in [0.25, 0.3) is 0 Å². The summed E-state index contributed by atoms with van der Waals surface area (Å²) in [6, 6.07) is 13.7. The van der Waals surface area contributed by atoms with E-state index in [2.05, 4.69) is 5.32 Å². The van der Waals surface area contributed by atoms with Crippen LogP contribution in [-0.4, -0.2) is 22.8 Å². The Hall–Kier alpha value is -3.02. The fourth-order valence-corrected chi connectivity index (χ4v) is 2.05. The Morgan fingerprint density at radius 2 is 1.76 bits per heavy atom. The van der Waals surface area contributed by atoms with Crippen molar-refractivity contribution in [3.8, 4) is 5.75 Å². The third-order valence-corrected chi connectivity index (χ3v) is 3.09. The van der Waals surface area contributed by atoms with E-state index in [1.165, 1.54) is 18.2 Å². The van der Waals surface area contributed by atoms with Crippen LogP contribution in [0.5, 0.6) is 5.75 Å². The van der Waals surface area contributed by atoms with E-state index >= 15 is 0 Å². The molecule has 0 aliphatic carbocycles. The third kappa shape index (κ3) is 5.84. The maximum atomic E-state index is 11.8. The van der Waals surface area contributed by atoms with Crippen LogP contribution in [0, 0.1) is 0 Å². The lowest BCUT2D eigenvalue weighted by atomic mass is 10.1. The van der Waals surface area contributed by atoms with Crippen LogP contribution >= 0.6 is 0 Å². The van der Waals surface area contributed by atoms with E-state index in [1.807, 2.05) is 30.3 Å². The van der Waals surface area contributed by atoms with Crippen molar-refractivity contribution in [1.82, 2.24) is 0 Å².